The summed E-state index contributed by atoms with van der Waals surface area (Å²) in [6.45, 7) is 3.86. The Kier molecular flexibility index (Phi) is 5.48. The van der Waals surface area contributed by atoms with Crippen LogP contribution < -0.4 is 5.73 Å². The number of nitrogens with two attached hydrogens (primary N) is 1. The number of hydrogen-bond donors (Lipinski definition) is 2. The Bertz CT molecular complexity index is 387. The van der Waals surface area contributed by atoms with E-state index in [1.807, 2.05) is 4.90 Å². The van der Waals surface area contributed by atoms with Gasteiger partial charge < -0.3 is 15.8 Å². The van der Waals surface area contributed by atoms with Crippen molar-refractivity contribution in [1.29, 1.82) is 0 Å². The molecule has 2 aliphatic rings. The van der Waals surface area contributed by atoms with Crippen molar-refractivity contribution in [3.05, 3.63) is 0 Å². The van der Waals surface area contributed by atoms with E-state index in [-0.39, 0.29) is 11.7 Å². The molecular weight excluding hydrogens is 266 g/mol. The highest BCUT2D eigenvalue weighted by Gasteiger charge is 2.45. The third kappa shape index (κ3) is 3.50. The smallest absolute Gasteiger partial charge is 0.236 e. The van der Waals surface area contributed by atoms with E-state index in [0.717, 1.165) is 51.6 Å². The van der Waals surface area contributed by atoms with Crippen LogP contribution in [0.4, 0.5) is 0 Å². The fraction of sp³-hybridized carbons (Fsp3) is 0.875. The quantitative estimate of drug-likeness (QED) is 0.270. The summed E-state index contributed by atoms with van der Waals surface area (Å²) in [6.07, 6.45) is 8.94. The highest BCUT2D eigenvalue weighted by molar-refractivity contribution is 6.06. The molecule has 0 radical (unpaired) electrons. The zero-order valence-electron chi connectivity index (χ0n) is 13.2. The van der Waals surface area contributed by atoms with Crippen molar-refractivity contribution < 1.29 is 10.0 Å². The maximum Gasteiger partial charge on any atom is 0.236 e. The number of carbonyl (C=O) groups excluding carboxylic acids is 1. The first-order chi connectivity index (χ1) is 10.1. The Morgan fingerprint density at radius 2 is 1.81 bits per heavy atom. The van der Waals surface area contributed by atoms with E-state index in [9.17, 15) is 10.0 Å². The highest BCUT2D eigenvalue weighted by atomic mass is 16.4. The Labute approximate surface area is 127 Å². The zero-order chi connectivity index (χ0) is 15.3. The zero-order valence-corrected chi connectivity index (χ0v) is 13.2. The summed E-state index contributed by atoms with van der Waals surface area (Å²) < 4.78 is 0. The van der Waals surface area contributed by atoms with Gasteiger partial charge >= 0.3 is 0 Å². The Morgan fingerprint density at radius 3 is 2.43 bits per heavy atom. The summed E-state index contributed by atoms with van der Waals surface area (Å²) in [6, 6.07) is 0. The average Bonchev–Trinajstić information content (AvgIpc) is 2.86. The van der Waals surface area contributed by atoms with E-state index < -0.39 is 5.41 Å². The molecule has 1 aliphatic heterocycles. The fourth-order valence-electron chi connectivity index (χ4n) is 3.78. The summed E-state index contributed by atoms with van der Waals surface area (Å²) in [5, 5.41) is 12.4. The van der Waals surface area contributed by atoms with Crippen molar-refractivity contribution in [2.24, 2.45) is 22.2 Å². The van der Waals surface area contributed by atoms with Crippen LogP contribution in [-0.2, 0) is 4.79 Å². The molecular formula is C16H29N3O2. The predicted molar refractivity (Wildman–Crippen MR) is 83.1 cm³/mol. The van der Waals surface area contributed by atoms with Crippen molar-refractivity contribution in [1.82, 2.24) is 4.90 Å². The summed E-state index contributed by atoms with van der Waals surface area (Å²) >= 11 is 0. The van der Waals surface area contributed by atoms with Gasteiger partial charge in [-0.2, -0.15) is 0 Å². The highest BCUT2D eigenvalue weighted by Crippen LogP contribution is 2.38. The molecule has 1 heterocycles. The molecule has 1 saturated carbocycles. The molecule has 5 nitrogen and oxygen atoms in total. The van der Waals surface area contributed by atoms with Gasteiger partial charge in [-0.25, -0.2) is 0 Å². The van der Waals surface area contributed by atoms with Gasteiger partial charge in [-0.15, -0.1) is 0 Å². The molecule has 21 heavy (non-hydrogen) atoms. The lowest BCUT2D eigenvalue weighted by Gasteiger charge is -2.35. The molecule has 0 spiro atoms. The lowest BCUT2D eigenvalue weighted by atomic mass is 9.77. The van der Waals surface area contributed by atoms with Crippen molar-refractivity contribution in [2.45, 2.75) is 64.7 Å². The topological polar surface area (TPSA) is 78.9 Å². The molecule has 0 bridgehead atoms. The lowest BCUT2D eigenvalue weighted by molar-refractivity contribution is -0.139. The summed E-state index contributed by atoms with van der Waals surface area (Å²) in [7, 11) is 0. The molecule has 5 heteroatoms. The summed E-state index contributed by atoms with van der Waals surface area (Å²) in [5.41, 5.74) is 5.21. The van der Waals surface area contributed by atoms with Crippen molar-refractivity contribution in [3.8, 4) is 0 Å². The fourth-order valence-corrected chi connectivity index (χ4v) is 3.78. The van der Waals surface area contributed by atoms with Crippen LogP contribution in [0.25, 0.3) is 0 Å². The second kappa shape index (κ2) is 7.14. The van der Waals surface area contributed by atoms with E-state index in [1.165, 1.54) is 6.42 Å². The number of hydrogen-bond acceptors (Lipinski definition) is 3. The molecule has 3 N–H and O–H groups in total. The van der Waals surface area contributed by atoms with Crippen molar-refractivity contribution >= 4 is 11.7 Å². The summed E-state index contributed by atoms with van der Waals surface area (Å²) in [4.78, 5) is 15.1. The maximum absolute atomic E-state index is 13.1. The van der Waals surface area contributed by atoms with Gasteiger partial charge in [-0.3, -0.25) is 4.79 Å². The van der Waals surface area contributed by atoms with Gasteiger partial charge in [0.15, 0.2) is 5.84 Å². The molecule has 1 amide bonds. The van der Waals surface area contributed by atoms with E-state index in [2.05, 4.69) is 12.1 Å². The molecule has 1 aliphatic carbocycles. The standard InChI is InChI=1S/C16H29N3O2/c1-13-7-6-11-19(12-8-13)15(20)16(14(17)18-21)9-4-2-3-5-10-16/h13,21H,2-12H2,1H3,(H2,17,18). The molecule has 1 unspecified atom stereocenters. The first-order valence-electron chi connectivity index (χ1n) is 8.37. The van der Waals surface area contributed by atoms with Crippen molar-refractivity contribution in [3.63, 3.8) is 0 Å². The van der Waals surface area contributed by atoms with E-state index >= 15 is 0 Å². The number of amides is 1. The Balaban J connectivity index is 2.21. The van der Waals surface area contributed by atoms with Gasteiger partial charge in [0.1, 0.15) is 5.41 Å². The van der Waals surface area contributed by atoms with Gasteiger partial charge in [0.05, 0.1) is 0 Å². The van der Waals surface area contributed by atoms with Crippen LogP contribution in [0.5, 0.6) is 0 Å². The number of amidine groups is 1. The minimum atomic E-state index is -0.765. The second-order valence-electron chi connectivity index (χ2n) is 6.81. The monoisotopic (exact) mass is 295 g/mol. The molecule has 120 valence electrons. The van der Waals surface area contributed by atoms with Crippen LogP contribution in [0, 0.1) is 11.3 Å². The molecule has 0 aromatic rings. The van der Waals surface area contributed by atoms with Crippen LogP contribution in [0.1, 0.15) is 64.7 Å². The SMILES string of the molecule is CC1CCCN(C(=O)C2(C(N)=NO)CCCCCC2)CC1. The Hall–Kier alpha value is -1.26. The molecule has 0 aromatic heterocycles. The summed E-state index contributed by atoms with van der Waals surface area (Å²) in [5.74, 6) is 0.886. The minimum Gasteiger partial charge on any atom is -0.409 e. The molecule has 2 fully saturated rings. The van der Waals surface area contributed by atoms with Crippen LogP contribution in [0.3, 0.4) is 0 Å². The normalized spacial score (nSPS) is 27.8. The van der Waals surface area contributed by atoms with Crippen molar-refractivity contribution in [2.75, 3.05) is 13.1 Å². The van der Waals surface area contributed by atoms with Gasteiger partial charge in [-0.1, -0.05) is 37.8 Å². The molecule has 0 aromatic carbocycles. The third-order valence-corrected chi connectivity index (χ3v) is 5.27. The van der Waals surface area contributed by atoms with E-state index in [0.29, 0.717) is 18.8 Å². The van der Waals surface area contributed by atoms with E-state index in [4.69, 9.17) is 5.73 Å². The number of carbonyl (C=O) groups is 1. The number of likely N-dealkylation sites (tertiary alicyclic amines) is 1. The predicted octanol–water partition coefficient (Wildman–Crippen LogP) is 2.72. The van der Waals surface area contributed by atoms with Crippen LogP contribution in [0.2, 0.25) is 0 Å². The number of oxime groups is 1. The lowest BCUT2D eigenvalue weighted by Crippen LogP contribution is -2.51. The first kappa shape index (κ1) is 16.1. The molecule has 2 rings (SSSR count). The Morgan fingerprint density at radius 1 is 1.14 bits per heavy atom. The van der Waals surface area contributed by atoms with Gasteiger partial charge in [0, 0.05) is 13.1 Å². The van der Waals surface area contributed by atoms with Crippen LogP contribution in [0.15, 0.2) is 5.16 Å². The second-order valence-corrected chi connectivity index (χ2v) is 6.81. The number of nitrogens with zero attached hydrogens (tertiary/aromatic N) is 2. The van der Waals surface area contributed by atoms with Gasteiger partial charge in [0.2, 0.25) is 5.91 Å². The van der Waals surface area contributed by atoms with Crippen LogP contribution in [-0.4, -0.2) is 34.9 Å². The minimum absolute atomic E-state index is 0.0915. The largest absolute Gasteiger partial charge is 0.409 e. The van der Waals surface area contributed by atoms with Gasteiger partial charge in [-0.05, 0) is 38.0 Å². The number of rotatable bonds is 2. The van der Waals surface area contributed by atoms with E-state index in [1.54, 1.807) is 0 Å². The van der Waals surface area contributed by atoms with Gasteiger partial charge in [0.25, 0.3) is 0 Å². The molecule has 1 atom stereocenters. The van der Waals surface area contributed by atoms with Crippen LogP contribution >= 0.6 is 0 Å². The third-order valence-electron chi connectivity index (χ3n) is 5.27. The maximum atomic E-state index is 13.1. The average molecular weight is 295 g/mol. The first-order valence-corrected chi connectivity index (χ1v) is 8.37. The molecule has 1 saturated heterocycles.